The molecule has 4 aromatic rings. The number of nitrogens with zero attached hydrogens (tertiary/aromatic N) is 6. The first-order valence-corrected chi connectivity index (χ1v) is 11.6. The summed E-state index contributed by atoms with van der Waals surface area (Å²) in [6.45, 7) is -3.41. The van der Waals surface area contributed by atoms with Crippen LogP contribution in [0.1, 0.15) is 24.7 Å². The maximum atomic E-state index is 13.1. The van der Waals surface area contributed by atoms with Gasteiger partial charge in [0.15, 0.2) is 29.3 Å². The number of para-hydroxylation sites is 2. The minimum Gasteiger partial charge on any atom is -0.433 e. The minimum atomic E-state index is -5.00. The highest BCUT2D eigenvalue weighted by Gasteiger charge is 2.39. The van der Waals surface area contributed by atoms with Crippen LogP contribution >= 0.6 is 11.6 Å². The summed E-state index contributed by atoms with van der Waals surface area (Å²) in [7, 11) is 0. The van der Waals surface area contributed by atoms with E-state index in [-0.39, 0.29) is 34.5 Å². The van der Waals surface area contributed by atoms with Gasteiger partial charge in [-0.05, 0) is 43.3 Å². The molecule has 0 radical (unpaired) electrons. The Hall–Kier alpha value is -3.82. The van der Waals surface area contributed by atoms with Crippen molar-refractivity contribution in [3.05, 3.63) is 75.7 Å². The Bertz CT molecular complexity index is 1500. The van der Waals surface area contributed by atoms with E-state index in [1.54, 1.807) is 0 Å². The van der Waals surface area contributed by atoms with Crippen LogP contribution < -0.4 is 10.4 Å². The van der Waals surface area contributed by atoms with Crippen LogP contribution in [0.15, 0.2) is 53.3 Å². The summed E-state index contributed by atoms with van der Waals surface area (Å²) < 4.78 is 72.1. The van der Waals surface area contributed by atoms with Crippen LogP contribution in [0.3, 0.4) is 0 Å². The zero-order valence-electron chi connectivity index (χ0n) is 19.9. The number of hydrogen-bond donors (Lipinski definition) is 2. The van der Waals surface area contributed by atoms with E-state index >= 15 is 0 Å². The van der Waals surface area contributed by atoms with Crippen molar-refractivity contribution in [3.8, 4) is 22.8 Å². The lowest BCUT2D eigenvalue weighted by Crippen LogP contribution is -2.37. The number of ether oxygens (including phenoxy) is 1. The molecule has 2 heterocycles. The molecule has 2 unspecified atom stereocenters. The number of benzene rings is 2. The molecule has 0 bridgehead atoms. The second kappa shape index (κ2) is 11.1. The summed E-state index contributed by atoms with van der Waals surface area (Å²) in [4.78, 5) is 17.3. The third kappa shape index (κ3) is 6.26. The molecule has 2 aromatic carbocycles. The van der Waals surface area contributed by atoms with E-state index < -0.39 is 43.8 Å². The van der Waals surface area contributed by atoms with Gasteiger partial charge in [0.2, 0.25) is 0 Å². The van der Waals surface area contributed by atoms with E-state index in [0.717, 1.165) is 9.36 Å². The molecule has 0 saturated heterocycles. The molecule has 16 heteroatoms. The average Bonchev–Trinajstić information content (AvgIpc) is 3.41. The zero-order chi connectivity index (χ0) is 28.5. The fourth-order valence-electron chi connectivity index (χ4n) is 3.64. The van der Waals surface area contributed by atoms with Gasteiger partial charge in [-0.3, -0.25) is 4.57 Å². The van der Waals surface area contributed by atoms with Crippen molar-refractivity contribution in [2.24, 2.45) is 0 Å². The van der Waals surface area contributed by atoms with E-state index in [2.05, 4.69) is 19.9 Å². The highest BCUT2D eigenvalue weighted by Crippen LogP contribution is 2.27. The number of aliphatic hydroxyl groups is 2. The van der Waals surface area contributed by atoms with Crippen molar-refractivity contribution < 1.29 is 36.9 Å². The number of halogens is 6. The first kappa shape index (κ1) is 28.2. The molecule has 0 amide bonds. The summed E-state index contributed by atoms with van der Waals surface area (Å²) in [6, 6.07) is 11.4. The molecule has 208 valence electrons. The lowest BCUT2D eigenvalue weighted by atomic mass is 10.2. The van der Waals surface area contributed by atoms with Gasteiger partial charge in [-0.2, -0.15) is 22.0 Å². The summed E-state index contributed by atoms with van der Waals surface area (Å²) in [5.41, 5.74) is -0.758. The summed E-state index contributed by atoms with van der Waals surface area (Å²) >= 11 is 5.89. The van der Waals surface area contributed by atoms with Crippen LogP contribution in [0.4, 0.5) is 22.0 Å². The number of hydrogen-bond acceptors (Lipinski definition) is 7. The van der Waals surface area contributed by atoms with Gasteiger partial charge < -0.3 is 14.9 Å². The Labute approximate surface area is 221 Å². The van der Waals surface area contributed by atoms with E-state index in [0.29, 0.717) is 9.59 Å². The molecule has 39 heavy (non-hydrogen) atoms. The molecule has 2 atom stereocenters. The standard InChI is InChI=1S/C23H20ClF5N6O4/c1-12(36)19-30-18(31-35(19)15-4-2-3-5-16(15)39-21(25)26)11-34-22(38)33(10-17(37)23(27,28)29)20(32-34)13-6-8-14(24)9-7-13/h2-9,12,17,21,36-37H,10-11H2,1H3. The fraction of sp³-hybridized carbons (Fsp3) is 0.304. The Balaban J connectivity index is 1.77. The predicted octanol–water partition coefficient (Wildman–Crippen LogP) is 3.57. The lowest BCUT2D eigenvalue weighted by molar-refractivity contribution is -0.207. The number of rotatable bonds is 9. The summed E-state index contributed by atoms with van der Waals surface area (Å²) in [5, 5.41) is 28.5. The smallest absolute Gasteiger partial charge is 0.416 e. The van der Waals surface area contributed by atoms with Crippen molar-refractivity contribution in [1.29, 1.82) is 0 Å². The molecule has 0 fully saturated rings. The van der Waals surface area contributed by atoms with Gasteiger partial charge in [-0.1, -0.05) is 23.7 Å². The Morgan fingerprint density at radius 2 is 1.72 bits per heavy atom. The Kier molecular flexibility index (Phi) is 8.04. The van der Waals surface area contributed by atoms with E-state index in [9.17, 15) is 37.0 Å². The third-order valence-electron chi connectivity index (χ3n) is 5.41. The summed E-state index contributed by atoms with van der Waals surface area (Å²) in [5.74, 6) is -0.666. The first-order valence-electron chi connectivity index (χ1n) is 11.2. The molecule has 10 nitrogen and oxygen atoms in total. The molecule has 0 aliphatic heterocycles. The van der Waals surface area contributed by atoms with E-state index in [1.807, 2.05) is 0 Å². The van der Waals surface area contributed by atoms with Crippen LogP contribution in [0.2, 0.25) is 5.02 Å². The zero-order valence-corrected chi connectivity index (χ0v) is 20.7. The highest BCUT2D eigenvalue weighted by atomic mass is 35.5. The van der Waals surface area contributed by atoms with E-state index in [1.165, 1.54) is 55.5 Å². The van der Waals surface area contributed by atoms with Crippen molar-refractivity contribution in [3.63, 3.8) is 0 Å². The van der Waals surface area contributed by atoms with Crippen molar-refractivity contribution in [2.45, 2.75) is 45.0 Å². The maximum Gasteiger partial charge on any atom is 0.416 e. The van der Waals surface area contributed by atoms with Crippen LogP contribution in [-0.4, -0.2) is 58.2 Å². The van der Waals surface area contributed by atoms with E-state index in [4.69, 9.17) is 11.6 Å². The van der Waals surface area contributed by atoms with Crippen LogP contribution in [0.5, 0.6) is 5.75 Å². The molecule has 0 aliphatic carbocycles. The van der Waals surface area contributed by atoms with Crippen LogP contribution in [0, 0.1) is 0 Å². The molecule has 2 aromatic heterocycles. The Morgan fingerprint density at radius 1 is 1.05 bits per heavy atom. The van der Waals surface area contributed by atoms with Gasteiger partial charge in [0.1, 0.15) is 18.3 Å². The van der Waals surface area contributed by atoms with Crippen molar-refractivity contribution in [2.75, 3.05) is 0 Å². The molecule has 2 N–H and O–H groups in total. The van der Waals surface area contributed by atoms with Gasteiger partial charge in [-0.25, -0.2) is 19.1 Å². The molecular weight excluding hydrogens is 555 g/mol. The van der Waals surface area contributed by atoms with Gasteiger partial charge in [0, 0.05) is 10.6 Å². The number of aliphatic hydroxyl groups excluding tert-OH is 2. The fourth-order valence-corrected chi connectivity index (χ4v) is 3.77. The van der Waals surface area contributed by atoms with Crippen molar-refractivity contribution >= 4 is 11.6 Å². The highest BCUT2D eigenvalue weighted by molar-refractivity contribution is 6.30. The normalized spacial score (nSPS) is 13.6. The number of aromatic nitrogens is 6. The van der Waals surface area contributed by atoms with Gasteiger partial charge in [0.25, 0.3) is 0 Å². The molecule has 0 spiro atoms. The first-order chi connectivity index (χ1) is 18.3. The molecular formula is C23H20ClF5N6O4. The quantitative estimate of drug-likeness (QED) is 0.293. The van der Waals surface area contributed by atoms with Crippen LogP contribution in [0.25, 0.3) is 17.1 Å². The topological polar surface area (TPSA) is 120 Å². The van der Waals surface area contributed by atoms with Gasteiger partial charge in [-0.15, -0.1) is 10.2 Å². The number of alkyl halides is 5. The largest absolute Gasteiger partial charge is 0.433 e. The van der Waals surface area contributed by atoms with Crippen molar-refractivity contribution in [1.82, 2.24) is 29.1 Å². The van der Waals surface area contributed by atoms with Gasteiger partial charge >= 0.3 is 18.5 Å². The summed E-state index contributed by atoms with van der Waals surface area (Å²) in [6.07, 6.45) is -9.10. The van der Waals surface area contributed by atoms with Gasteiger partial charge in [0.05, 0.1) is 6.54 Å². The SMILES string of the molecule is CC(O)c1nc(Cn2nc(-c3ccc(Cl)cc3)n(CC(O)C(F)(F)F)c2=O)nn1-c1ccccc1OC(F)F. The second-order valence-electron chi connectivity index (χ2n) is 8.26. The third-order valence-corrected chi connectivity index (χ3v) is 5.66. The minimum absolute atomic E-state index is 0.0143. The molecule has 0 aliphatic rings. The monoisotopic (exact) mass is 574 g/mol. The van der Waals surface area contributed by atoms with Crippen LogP contribution in [-0.2, 0) is 13.1 Å². The maximum absolute atomic E-state index is 13.1. The molecule has 0 saturated carbocycles. The second-order valence-corrected chi connectivity index (χ2v) is 8.70. The average molecular weight is 575 g/mol. The lowest BCUT2D eigenvalue weighted by Gasteiger charge is -2.15. The molecule has 4 rings (SSSR count). The predicted molar refractivity (Wildman–Crippen MR) is 127 cm³/mol. The Morgan fingerprint density at radius 3 is 2.33 bits per heavy atom.